The molecule has 0 aliphatic rings. The van der Waals surface area contributed by atoms with Gasteiger partial charge < -0.3 is 10.4 Å². The second-order valence-corrected chi connectivity index (χ2v) is 4.71. The first-order valence-corrected chi connectivity index (χ1v) is 6.30. The summed E-state index contributed by atoms with van der Waals surface area (Å²) in [6, 6.07) is 6.00. The molecule has 0 spiro atoms. The zero-order chi connectivity index (χ0) is 15.6. The van der Waals surface area contributed by atoms with Crippen LogP contribution in [0.1, 0.15) is 20.8 Å². The Morgan fingerprint density at radius 1 is 1.19 bits per heavy atom. The first-order valence-electron chi connectivity index (χ1n) is 5.54. The Labute approximate surface area is 128 Å². The Bertz CT molecular complexity index is 737. The number of hydrogen-bond donors (Lipinski definition) is 2. The van der Waals surface area contributed by atoms with Crippen LogP contribution in [-0.4, -0.2) is 22.0 Å². The van der Waals surface area contributed by atoms with Gasteiger partial charge >= 0.3 is 5.97 Å². The van der Waals surface area contributed by atoms with Crippen molar-refractivity contribution < 1.29 is 19.1 Å². The van der Waals surface area contributed by atoms with Crippen molar-refractivity contribution in [1.82, 2.24) is 4.98 Å². The third-order valence-electron chi connectivity index (χ3n) is 2.48. The molecule has 2 N–H and O–H groups in total. The molecule has 1 aromatic heterocycles. The van der Waals surface area contributed by atoms with E-state index in [2.05, 4.69) is 10.3 Å². The standard InChI is InChI=1S/C13H7Cl2FN2O3/c14-8-3-4-10(15)18-11(8)12(19)17-6-1-2-7(13(20)21)9(16)5-6/h1-5H,(H,17,19)(H,20,21). The quantitative estimate of drug-likeness (QED) is 0.845. The molecule has 1 aromatic carbocycles. The Balaban J connectivity index is 2.26. The molecule has 0 unspecified atom stereocenters. The van der Waals surface area contributed by atoms with Crippen molar-refractivity contribution in [3.8, 4) is 0 Å². The molecule has 0 atom stereocenters. The molecule has 0 aliphatic carbocycles. The van der Waals surface area contributed by atoms with Crippen LogP contribution in [0.5, 0.6) is 0 Å². The summed E-state index contributed by atoms with van der Waals surface area (Å²) in [7, 11) is 0. The second kappa shape index (κ2) is 6.07. The monoisotopic (exact) mass is 328 g/mol. The van der Waals surface area contributed by atoms with Crippen molar-refractivity contribution in [3.63, 3.8) is 0 Å². The molecule has 0 radical (unpaired) electrons. The van der Waals surface area contributed by atoms with Crippen LogP contribution < -0.4 is 5.32 Å². The molecule has 2 rings (SSSR count). The van der Waals surface area contributed by atoms with Gasteiger partial charge in [0.2, 0.25) is 0 Å². The molecule has 0 saturated carbocycles. The van der Waals surface area contributed by atoms with Crippen molar-refractivity contribution in [2.75, 3.05) is 5.32 Å². The number of rotatable bonds is 3. The summed E-state index contributed by atoms with van der Waals surface area (Å²) in [4.78, 5) is 26.4. The molecule has 0 saturated heterocycles. The molecular weight excluding hydrogens is 322 g/mol. The highest BCUT2D eigenvalue weighted by Gasteiger charge is 2.15. The Kier molecular flexibility index (Phi) is 4.40. The summed E-state index contributed by atoms with van der Waals surface area (Å²) in [6.45, 7) is 0. The second-order valence-electron chi connectivity index (χ2n) is 3.92. The van der Waals surface area contributed by atoms with Gasteiger partial charge in [-0.3, -0.25) is 4.79 Å². The predicted octanol–water partition coefficient (Wildman–Crippen LogP) is 3.48. The largest absolute Gasteiger partial charge is 0.478 e. The number of pyridine rings is 1. The summed E-state index contributed by atoms with van der Waals surface area (Å²) in [5.74, 6) is -3.06. The number of carboxylic acid groups (broad SMARTS) is 1. The summed E-state index contributed by atoms with van der Waals surface area (Å²) in [5.41, 5.74) is -0.542. The van der Waals surface area contributed by atoms with Gasteiger partial charge in [-0.1, -0.05) is 23.2 Å². The predicted molar refractivity (Wildman–Crippen MR) is 75.6 cm³/mol. The number of carbonyl (C=O) groups is 2. The molecule has 108 valence electrons. The van der Waals surface area contributed by atoms with Gasteiger partial charge in [-0.25, -0.2) is 14.2 Å². The molecule has 1 heterocycles. The lowest BCUT2D eigenvalue weighted by molar-refractivity contribution is 0.0692. The van der Waals surface area contributed by atoms with Crippen molar-refractivity contribution in [2.24, 2.45) is 0 Å². The van der Waals surface area contributed by atoms with Gasteiger partial charge in [-0.15, -0.1) is 0 Å². The highest BCUT2D eigenvalue weighted by Crippen LogP contribution is 2.20. The molecule has 0 fully saturated rings. The van der Waals surface area contributed by atoms with Gasteiger partial charge in [0, 0.05) is 5.69 Å². The number of amides is 1. The lowest BCUT2D eigenvalue weighted by Gasteiger charge is -2.07. The fourth-order valence-corrected chi connectivity index (χ4v) is 1.87. The minimum absolute atomic E-state index is 0.0698. The number of halogens is 3. The third-order valence-corrected chi connectivity index (χ3v) is 3.00. The highest BCUT2D eigenvalue weighted by atomic mass is 35.5. The van der Waals surface area contributed by atoms with Crippen LogP contribution in [0, 0.1) is 5.82 Å². The number of carbonyl (C=O) groups excluding carboxylic acids is 1. The van der Waals surface area contributed by atoms with Crippen LogP contribution in [0.2, 0.25) is 10.2 Å². The van der Waals surface area contributed by atoms with Gasteiger partial charge in [-0.2, -0.15) is 0 Å². The first kappa shape index (κ1) is 15.2. The lowest BCUT2D eigenvalue weighted by atomic mass is 10.2. The lowest BCUT2D eigenvalue weighted by Crippen LogP contribution is -2.15. The first-order chi connectivity index (χ1) is 9.88. The minimum Gasteiger partial charge on any atom is -0.478 e. The van der Waals surface area contributed by atoms with Crippen molar-refractivity contribution in [1.29, 1.82) is 0 Å². The van der Waals surface area contributed by atoms with Crippen LogP contribution in [0.3, 0.4) is 0 Å². The molecule has 21 heavy (non-hydrogen) atoms. The van der Waals surface area contributed by atoms with Crippen LogP contribution in [0.25, 0.3) is 0 Å². The van der Waals surface area contributed by atoms with Gasteiger partial charge in [0.1, 0.15) is 16.7 Å². The van der Waals surface area contributed by atoms with Gasteiger partial charge in [0.05, 0.1) is 10.6 Å². The number of nitrogens with one attached hydrogen (secondary N) is 1. The van der Waals surface area contributed by atoms with E-state index < -0.39 is 23.3 Å². The maximum absolute atomic E-state index is 13.5. The number of anilines is 1. The zero-order valence-corrected chi connectivity index (χ0v) is 11.7. The molecule has 5 nitrogen and oxygen atoms in total. The number of benzene rings is 1. The van der Waals surface area contributed by atoms with Crippen LogP contribution in [0.15, 0.2) is 30.3 Å². The smallest absolute Gasteiger partial charge is 0.338 e. The van der Waals surface area contributed by atoms with E-state index in [0.29, 0.717) is 0 Å². The fourth-order valence-electron chi connectivity index (χ4n) is 1.53. The molecule has 0 aliphatic heterocycles. The minimum atomic E-state index is -1.40. The number of aromatic nitrogens is 1. The average molecular weight is 329 g/mol. The van der Waals surface area contributed by atoms with E-state index in [1.807, 2.05) is 0 Å². The summed E-state index contributed by atoms with van der Waals surface area (Å²) >= 11 is 11.5. The van der Waals surface area contributed by atoms with Gasteiger partial charge in [-0.05, 0) is 30.3 Å². The van der Waals surface area contributed by atoms with Crippen LogP contribution in [0.4, 0.5) is 10.1 Å². The van der Waals surface area contributed by atoms with Crippen LogP contribution >= 0.6 is 23.2 Å². The topological polar surface area (TPSA) is 79.3 Å². The molecule has 0 bridgehead atoms. The van der Waals surface area contributed by atoms with Gasteiger partial charge in [0.15, 0.2) is 0 Å². The van der Waals surface area contributed by atoms with E-state index in [-0.39, 0.29) is 21.6 Å². The molecular formula is C13H7Cl2FN2O3. The Morgan fingerprint density at radius 3 is 2.52 bits per heavy atom. The van der Waals surface area contributed by atoms with E-state index in [1.165, 1.54) is 18.2 Å². The average Bonchev–Trinajstić information content (AvgIpc) is 2.41. The van der Waals surface area contributed by atoms with E-state index in [1.54, 1.807) is 0 Å². The van der Waals surface area contributed by atoms with E-state index in [0.717, 1.165) is 12.1 Å². The Morgan fingerprint density at radius 2 is 1.90 bits per heavy atom. The molecule has 2 aromatic rings. The van der Waals surface area contributed by atoms with E-state index in [9.17, 15) is 14.0 Å². The Hall–Kier alpha value is -2.18. The fraction of sp³-hybridized carbons (Fsp3) is 0. The highest BCUT2D eigenvalue weighted by molar-refractivity contribution is 6.35. The number of nitrogens with zero attached hydrogens (tertiary/aromatic N) is 1. The normalized spacial score (nSPS) is 10.2. The number of carboxylic acids is 1. The zero-order valence-electron chi connectivity index (χ0n) is 10.2. The summed E-state index contributed by atoms with van der Waals surface area (Å²) < 4.78 is 13.5. The molecule has 1 amide bonds. The van der Waals surface area contributed by atoms with Crippen molar-refractivity contribution in [3.05, 3.63) is 57.6 Å². The SMILES string of the molecule is O=C(O)c1ccc(NC(=O)c2nc(Cl)ccc2Cl)cc1F. The number of hydrogen-bond acceptors (Lipinski definition) is 3. The van der Waals surface area contributed by atoms with Gasteiger partial charge in [0.25, 0.3) is 5.91 Å². The number of aromatic carboxylic acids is 1. The van der Waals surface area contributed by atoms with E-state index >= 15 is 0 Å². The maximum Gasteiger partial charge on any atom is 0.338 e. The maximum atomic E-state index is 13.5. The summed E-state index contributed by atoms with van der Waals surface area (Å²) in [6.07, 6.45) is 0. The summed E-state index contributed by atoms with van der Waals surface area (Å²) in [5, 5.41) is 11.2. The molecule has 8 heteroatoms. The van der Waals surface area contributed by atoms with E-state index in [4.69, 9.17) is 28.3 Å². The third kappa shape index (κ3) is 3.48. The van der Waals surface area contributed by atoms with Crippen molar-refractivity contribution >= 4 is 40.8 Å². The van der Waals surface area contributed by atoms with Crippen molar-refractivity contribution in [2.45, 2.75) is 0 Å². The van der Waals surface area contributed by atoms with Crippen LogP contribution in [-0.2, 0) is 0 Å².